The fourth-order valence-electron chi connectivity index (χ4n) is 4.72. The van der Waals surface area contributed by atoms with Crippen molar-refractivity contribution in [1.29, 1.82) is 0 Å². The van der Waals surface area contributed by atoms with Crippen molar-refractivity contribution in [3.8, 4) is 11.5 Å². The summed E-state index contributed by atoms with van der Waals surface area (Å²) in [5, 5.41) is 3.03. The van der Waals surface area contributed by atoms with E-state index in [1.165, 1.54) is 0 Å². The second-order valence-corrected chi connectivity index (χ2v) is 10.4. The maximum Gasteiger partial charge on any atom is 0.251 e. The number of amides is 2. The van der Waals surface area contributed by atoms with E-state index in [-0.39, 0.29) is 24.8 Å². The number of ether oxygens (including phenoxy) is 2. The molecule has 0 fully saturated rings. The first-order valence-electron chi connectivity index (χ1n) is 13.8. The van der Waals surface area contributed by atoms with Gasteiger partial charge in [-0.2, -0.15) is 0 Å². The standard InChI is InChI=1S/C35H38N2O4/c1-24(2)28-15-17-29(18-16-28)34(35(39)36-31-20-19-30(40-4)22-32(31)41-5)37(23-27-13-11-25(3)12-14-27)33(38)21-26-9-7-6-8-10-26/h6-20,22,24,34H,21,23H2,1-5H3,(H,36,39). The Morgan fingerprint density at radius 2 is 1.44 bits per heavy atom. The third-order valence-electron chi connectivity index (χ3n) is 7.14. The van der Waals surface area contributed by atoms with Gasteiger partial charge in [-0.1, -0.05) is 98.3 Å². The lowest BCUT2D eigenvalue weighted by atomic mass is 9.97. The first-order chi connectivity index (χ1) is 19.8. The Hall–Kier alpha value is -4.58. The van der Waals surface area contributed by atoms with Gasteiger partial charge >= 0.3 is 0 Å². The van der Waals surface area contributed by atoms with Crippen molar-refractivity contribution in [2.45, 2.75) is 45.7 Å². The lowest BCUT2D eigenvalue weighted by molar-refractivity contribution is -0.139. The number of nitrogens with zero attached hydrogens (tertiary/aromatic N) is 1. The number of hydrogen-bond donors (Lipinski definition) is 1. The third-order valence-corrected chi connectivity index (χ3v) is 7.14. The predicted octanol–water partition coefficient (Wildman–Crippen LogP) is 7.09. The van der Waals surface area contributed by atoms with Crippen LogP contribution in [0.5, 0.6) is 11.5 Å². The van der Waals surface area contributed by atoms with Gasteiger partial charge in [0.15, 0.2) is 0 Å². The molecular formula is C35H38N2O4. The van der Waals surface area contributed by atoms with Crippen LogP contribution in [0.1, 0.15) is 53.6 Å². The van der Waals surface area contributed by atoms with E-state index in [1.54, 1.807) is 37.3 Å². The molecule has 41 heavy (non-hydrogen) atoms. The summed E-state index contributed by atoms with van der Waals surface area (Å²) < 4.78 is 10.9. The topological polar surface area (TPSA) is 67.9 Å². The van der Waals surface area contributed by atoms with Crippen LogP contribution >= 0.6 is 0 Å². The van der Waals surface area contributed by atoms with Crippen molar-refractivity contribution in [3.63, 3.8) is 0 Å². The zero-order valence-corrected chi connectivity index (χ0v) is 24.4. The molecule has 0 aliphatic rings. The maximum absolute atomic E-state index is 14.2. The minimum atomic E-state index is -0.888. The fourth-order valence-corrected chi connectivity index (χ4v) is 4.72. The van der Waals surface area contributed by atoms with E-state index in [9.17, 15) is 9.59 Å². The summed E-state index contributed by atoms with van der Waals surface area (Å²) >= 11 is 0. The molecule has 0 aliphatic carbocycles. The molecule has 2 amide bonds. The lowest BCUT2D eigenvalue weighted by Gasteiger charge is -2.32. The van der Waals surface area contributed by atoms with Gasteiger partial charge in [0.1, 0.15) is 17.5 Å². The largest absolute Gasteiger partial charge is 0.497 e. The minimum absolute atomic E-state index is 0.147. The van der Waals surface area contributed by atoms with Crippen LogP contribution in [0.4, 0.5) is 5.69 Å². The van der Waals surface area contributed by atoms with Crippen molar-refractivity contribution < 1.29 is 19.1 Å². The maximum atomic E-state index is 14.2. The Bertz CT molecular complexity index is 1450. The van der Waals surface area contributed by atoms with Crippen molar-refractivity contribution >= 4 is 17.5 Å². The number of aryl methyl sites for hydroxylation is 1. The van der Waals surface area contributed by atoms with Gasteiger partial charge in [-0.25, -0.2) is 0 Å². The number of carbonyl (C=O) groups excluding carboxylic acids is 2. The van der Waals surface area contributed by atoms with Gasteiger partial charge in [-0.05, 0) is 47.2 Å². The minimum Gasteiger partial charge on any atom is -0.497 e. The Morgan fingerprint density at radius 1 is 0.780 bits per heavy atom. The highest BCUT2D eigenvalue weighted by molar-refractivity contribution is 5.99. The normalized spacial score (nSPS) is 11.6. The predicted molar refractivity (Wildman–Crippen MR) is 163 cm³/mol. The second-order valence-electron chi connectivity index (χ2n) is 10.4. The van der Waals surface area contributed by atoms with Gasteiger partial charge in [-0.15, -0.1) is 0 Å². The molecule has 6 heteroatoms. The molecule has 1 unspecified atom stereocenters. The molecule has 0 aromatic heterocycles. The molecule has 1 atom stereocenters. The first-order valence-corrected chi connectivity index (χ1v) is 13.8. The van der Waals surface area contributed by atoms with Crippen molar-refractivity contribution in [2.75, 3.05) is 19.5 Å². The van der Waals surface area contributed by atoms with Crippen molar-refractivity contribution in [1.82, 2.24) is 4.90 Å². The van der Waals surface area contributed by atoms with E-state index < -0.39 is 6.04 Å². The summed E-state index contributed by atoms with van der Waals surface area (Å²) in [6, 6.07) is 29.9. The zero-order valence-electron chi connectivity index (χ0n) is 24.4. The average molecular weight is 551 g/mol. The zero-order chi connectivity index (χ0) is 29.4. The SMILES string of the molecule is COc1ccc(NC(=O)C(c2ccc(C(C)C)cc2)N(Cc2ccc(C)cc2)C(=O)Cc2ccccc2)c(OC)c1. The Morgan fingerprint density at radius 3 is 2.05 bits per heavy atom. The summed E-state index contributed by atoms with van der Waals surface area (Å²) in [4.78, 5) is 29.9. The molecule has 0 bridgehead atoms. The number of benzene rings is 4. The fraction of sp³-hybridized carbons (Fsp3) is 0.257. The molecule has 6 nitrogen and oxygen atoms in total. The van der Waals surface area contributed by atoms with Crippen LogP contribution < -0.4 is 14.8 Å². The van der Waals surface area contributed by atoms with E-state index in [2.05, 4.69) is 19.2 Å². The lowest BCUT2D eigenvalue weighted by Crippen LogP contribution is -2.41. The van der Waals surface area contributed by atoms with Gasteiger partial charge in [0.2, 0.25) is 5.91 Å². The molecule has 4 aromatic rings. The number of rotatable bonds is 11. The van der Waals surface area contributed by atoms with E-state index in [0.717, 1.165) is 27.8 Å². The summed E-state index contributed by atoms with van der Waals surface area (Å²) in [5.74, 6) is 0.932. The number of methoxy groups -OCH3 is 2. The first kappa shape index (κ1) is 29.4. The van der Waals surface area contributed by atoms with Crippen molar-refractivity contribution in [3.05, 3.63) is 125 Å². The van der Waals surface area contributed by atoms with E-state index >= 15 is 0 Å². The summed E-state index contributed by atoms with van der Waals surface area (Å²) in [6.45, 7) is 6.55. The number of hydrogen-bond acceptors (Lipinski definition) is 4. The number of carbonyl (C=O) groups is 2. The number of anilines is 1. The van der Waals surface area contributed by atoms with Crippen LogP contribution in [0.3, 0.4) is 0 Å². The molecule has 4 rings (SSSR count). The molecule has 0 saturated carbocycles. The smallest absolute Gasteiger partial charge is 0.251 e. The molecule has 1 N–H and O–H groups in total. The van der Waals surface area contributed by atoms with Crippen LogP contribution in [0.2, 0.25) is 0 Å². The number of nitrogens with one attached hydrogen (secondary N) is 1. The van der Waals surface area contributed by atoms with Gasteiger partial charge in [0, 0.05) is 12.6 Å². The Labute approximate surface area is 242 Å². The molecular weight excluding hydrogens is 512 g/mol. The van der Waals surface area contributed by atoms with Gasteiger partial charge in [0.25, 0.3) is 5.91 Å². The van der Waals surface area contributed by atoms with Crippen LogP contribution in [0, 0.1) is 6.92 Å². The highest BCUT2D eigenvalue weighted by Crippen LogP contribution is 2.32. The van der Waals surface area contributed by atoms with E-state index in [0.29, 0.717) is 23.1 Å². The second kappa shape index (κ2) is 13.7. The summed E-state index contributed by atoms with van der Waals surface area (Å²) in [7, 11) is 3.12. The van der Waals surface area contributed by atoms with Crippen LogP contribution in [-0.2, 0) is 22.6 Å². The molecule has 0 spiro atoms. The van der Waals surface area contributed by atoms with E-state index in [1.807, 2.05) is 85.8 Å². The van der Waals surface area contributed by atoms with Crippen molar-refractivity contribution in [2.24, 2.45) is 0 Å². The monoisotopic (exact) mass is 550 g/mol. The van der Waals surface area contributed by atoms with E-state index in [4.69, 9.17) is 9.47 Å². The van der Waals surface area contributed by atoms with Crippen LogP contribution in [0.25, 0.3) is 0 Å². The Kier molecular flexibility index (Phi) is 9.80. The molecule has 0 heterocycles. The third kappa shape index (κ3) is 7.54. The van der Waals surface area contributed by atoms with Gasteiger partial charge < -0.3 is 19.7 Å². The van der Waals surface area contributed by atoms with Gasteiger partial charge in [0.05, 0.1) is 26.3 Å². The summed E-state index contributed by atoms with van der Waals surface area (Å²) in [5.41, 5.74) is 5.33. The highest BCUT2D eigenvalue weighted by atomic mass is 16.5. The van der Waals surface area contributed by atoms with Crippen LogP contribution in [-0.4, -0.2) is 30.9 Å². The molecule has 0 saturated heterocycles. The van der Waals surface area contributed by atoms with Gasteiger partial charge in [-0.3, -0.25) is 9.59 Å². The van der Waals surface area contributed by atoms with Crippen LogP contribution in [0.15, 0.2) is 97.1 Å². The highest BCUT2D eigenvalue weighted by Gasteiger charge is 2.32. The molecule has 0 radical (unpaired) electrons. The molecule has 4 aromatic carbocycles. The Balaban J connectivity index is 1.78. The quantitative estimate of drug-likeness (QED) is 0.217. The average Bonchev–Trinajstić information content (AvgIpc) is 2.98. The molecule has 0 aliphatic heterocycles. The molecule has 212 valence electrons. The summed E-state index contributed by atoms with van der Waals surface area (Å²) in [6.07, 6.45) is 0.173.